The summed E-state index contributed by atoms with van der Waals surface area (Å²) in [5, 5.41) is 14.3. The molecule has 0 unspecified atom stereocenters. The molecule has 1 fully saturated rings. The molecule has 1 aromatic heterocycles. The van der Waals surface area contributed by atoms with Crippen molar-refractivity contribution in [2.45, 2.75) is 25.0 Å². The number of nitrogens with zero attached hydrogens (tertiary/aromatic N) is 2. The van der Waals surface area contributed by atoms with Gasteiger partial charge in [0.25, 0.3) is 0 Å². The molecule has 0 spiro atoms. The zero-order chi connectivity index (χ0) is 26.2. The van der Waals surface area contributed by atoms with Crippen molar-refractivity contribution in [3.63, 3.8) is 0 Å². The summed E-state index contributed by atoms with van der Waals surface area (Å²) in [6.45, 7) is 3.78. The van der Waals surface area contributed by atoms with Gasteiger partial charge in [0.05, 0.1) is 18.8 Å². The molecule has 0 bridgehead atoms. The van der Waals surface area contributed by atoms with E-state index < -0.39 is 12.0 Å². The maximum absolute atomic E-state index is 14.3. The molecular weight excluding hydrogens is 483 g/mol. The molecule has 4 aromatic rings. The van der Waals surface area contributed by atoms with Gasteiger partial charge in [-0.2, -0.15) is 0 Å². The smallest absolute Gasteiger partial charge is 0.321 e. The van der Waals surface area contributed by atoms with Crippen molar-refractivity contribution in [2.75, 3.05) is 38.2 Å². The van der Waals surface area contributed by atoms with Gasteiger partial charge in [-0.1, -0.05) is 36.4 Å². The van der Waals surface area contributed by atoms with Crippen molar-refractivity contribution in [1.29, 1.82) is 0 Å². The number of rotatable bonds is 6. The minimum atomic E-state index is -0.854. The van der Waals surface area contributed by atoms with Gasteiger partial charge in [-0.25, -0.2) is 4.39 Å². The van der Waals surface area contributed by atoms with E-state index >= 15 is 0 Å². The Hall–Kier alpha value is -3.88. The first-order valence-corrected chi connectivity index (χ1v) is 13.0. The summed E-state index contributed by atoms with van der Waals surface area (Å²) in [7, 11) is 1.67. The Morgan fingerprint density at radius 1 is 1.05 bits per heavy atom. The van der Waals surface area contributed by atoms with Crippen LogP contribution in [-0.2, 0) is 17.8 Å². The van der Waals surface area contributed by atoms with E-state index in [0.29, 0.717) is 18.7 Å². The van der Waals surface area contributed by atoms with Crippen molar-refractivity contribution in [3.05, 3.63) is 94.9 Å². The van der Waals surface area contributed by atoms with Crippen LogP contribution in [-0.4, -0.2) is 60.3 Å². The number of piperazine rings is 1. The van der Waals surface area contributed by atoms with Gasteiger partial charge in [-0.05, 0) is 41.5 Å². The number of H-pyrrole nitrogens is 1. The fourth-order valence-electron chi connectivity index (χ4n) is 5.85. The number of nitrogens with one attached hydrogen (secondary N) is 2. The Morgan fingerprint density at radius 2 is 1.82 bits per heavy atom. The summed E-state index contributed by atoms with van der Waals surface area (Å²) in [6.07, 6.45) is 0.431. The molecule has 0 saturated carbocycles. The number of carboxylic acids is 1. The van der Waals surface area contributed by atoms with E-state index in [9.17, 15) is 14.3 Å². The van der Waals surface area contributed by atoms with Crippen LogP contribution in [0.5, 0.6) is 5.75 Å². The third-order valence-corrected chi connectivity index (χ3v) is 7.81. The van der Waals surface area contributed by atoms with E-state index in [-0.39, 0.29) is 11.9 Å². The van der Waals surface area contributed by atoms with Crippen molar-refractivity contribution in [2.24, 2.45) is 0 Å². The zero-order valence-electron chi connectivity index (χ0n) is 21.3. The van der Waals surface area contributed by atoms with Crippen LogP contribution in [0.2, 0.25) is 0 Å². The van der Waals surface area contributed by atoms with Crippen molar-refractivity contribution in [3.8, 4) is 5.75 Å². The number of benzene rings is 3. The van der Waals surface area contributed by atoms with Gasteiger partial charge >= 0.3 is 5.97 Å². The summed E-state index contributed by atoms with van der Waals surface area (Å²) in [6, 6.07) is 20.1. The van der Waals surface area contributed by atoms with Crippen LogP contribution in [0.25, 0.3) is 10.9 Å². The number of aromatic nitrogens is 1. The molecule has 38 heavy (non-hydrogen) atoms. The third kappa shape index (κ3) is 4.50. The molecule has 2 aliphatic heterocycles. The number of anilines is 1. The molecule has 2 atom stereocenters. The lowest BCUT2D eigenvalue weighted by Crippen LogP contribution is -2.46. The zero-order valence-corrected chi connectivity index (χ0v) is 21.3. The number of ether oxygens (including phenoxy) is 1. The highest BCUT2D eigenvalue weighted by atomic mass is 19.1. The molecule has 3 aromatic carbocycles. The molecule has 6 rings (SSSR count). The quantitative estimate of drug-likeness (QED) is 0.356. The monoisotopic (exact) mass is 514 g/mol. The molecule has 7 nitrogen and oxygen atoms in total. The maximum atomic E-state index is 14.3. The van der Waals surface area contributed by atoms with Gasteiger partial charge < -0.3 is 19.7 Å². The van der Waals surface area contributed by atoms with E-state index in [0.717, 1.165) is 65.2 Å². The lowest BCUT2D eigenvalue weighted by molar-refractivity contribution is -0.139. The number of carbonyl (C=O) groups is 1. The Labute approximate surface area is 220 Å². The van der Waals surface area contributed by atoms with E-state index in [2.05, 4.69) is 26.2 Å². The van der Waals surface area contributed by atoms with Gasteiger partial charge in [-0.15, -0.1) is 0 Å². The number of halogens is 1. The Balaban J connectivity index is 1.27. The topological polar surface area (TPSA) is 80.8 Å². The SMILES string of the molecule is COc1ccc([C@@H]2N[C@H](C(=O)O)Cc3c2[nH]c2ccccc32)cc1CN1CCN(c2ccccc2F)CC1. The maximum Gasteiger partial charge on any atom is 0.321 e. The predicted octanol–water partition coefficient (Wildman–Crippen LogP) is 4.33. The molecule has 8 heteroatoms. The minimum Gasteiger partial charge on any atom is -0.496 e. The normalized spacial score (nSPS) is 19.9. The largest absolute Gasteiger partial charge is 0.496 e. The van der Waals surface area contributed by atoms with E-state index in [1.165, 1.54) is 6.07 Å². The van der Waals surface area contributed by atoms with Crippen LogP contribution in [0, 0.1) is 5.82 Å². The summed E-state index contributed by atoms with van der Waals surface area (Å²) >= 11 is 0. The van der Waals surface area contributed by atoms with Gasteiger partial charge in [-0.3, -0.25) is 15.0 Å². The number of hydrogen-bond donors (Lipinski definition) is 3. The van der Waals surface area contributed by atoms with Crippen LogP contribution in [0.1, 0.15) is 28.4 Å². The lowest BCUT2D eigenvalue weighted by Gasteiger charge is -2.36. The minimum absolute atomic E-state index is 0.189. The second-order valence-electron chi connectivity index (χ2n) is 10.0. The second kappa shape index (κ2) is 10.1. The fraction of sp³-hybridized carbons (Fsp3) is 0.300. The third-order valence-electron chi connectivity index (χ3n) is 7.81. The van der Waals surface area contributed by atoms with E-state index in [1.807, 2.05) is 48.5 Å². The number of methoxy groups -OCH3 is 1. The standard InChI is InChI=1S/C30H31FN4O3/c1-38-27-11-10-19(16-20(27)18-34-12-14-35(15-13-34)26-9-5-3-7-23(26)31)28-29-22(17-25(33-28)30(36)37)21-6-2-4-8-24(21)32-29/h2-11,16,25,28,32-33H,12-15,17-18H2,1H3,(H,36,37)/t25-,28-/m0/s1. The number of hydrogen-bond acceptors (Lipinski definition) is 5. The predicted molar refractivity (Wildman–Crippen MR) is 145 cm³/mol. The number of carboxylic acid groups (broad SMARTS) is 1. The Kier molecular flexibility index (Phi) is 6.51. The molecular formula is C30H31FN4O3. The molecule has 0 aliphatic carbocycles. The molecule has 2 aliphatic rings. The number of aliphatic carboxylic acids is 1. The average molecular weight is 515 g/mol. The highest BCUT2D eigenvalue weighted by Crippen LogP contribution is 2.37. The van der Waals surface area contributed by atoms with E-state index in [1.54, 1.807) is 13.2 Å². The first-order chi connectivity index (χ1) is 18.5. The van der Waals surface area contributed by atoms with Crippen LogP contribution >= 0.6 is 0 Å². The first-order valence-electron chi connectivity index (χ1n) is 13.0. The summed E-state index contributed by atoms with van der Waals surface area (Å²) < 4.78 is 20.0. The Bertz CT molecular complexity index is 1480. The van der Waals surface area contributed by atoms with Crippen LogP contribution < -0.4 is 15.0 Å². The lowest BCUT2D eigenvalue weighted by atomic mass is 9.89. The van der Waals surface area contributed by atoms with Gasteiger partial charge in [0, 0.05) is 61.3 Å². The van der Waals surface area contributed by atoms with Gasteiger partial charge in [0.15, 0.2) is 0 Å². The number of aromatic amines is 1. The van der Waals surface area contributed by atoms with Crippen LogP contribution in [0.3, 0.4) is 0 Å². The molecule has 3 heterocycles. The number of fused-ring (bicyclic) bond motifs is 3. The summed E-state index contributed by atoms with van der Waals surface area (Å²) in [5.74, 6) is -0.244. The summed E-state index contributed by atoms with van der Waals surface area (Å²) in [4.78, 5) is 20.0. The Morgan fingerprint density at radius 3 is 2.58 bits per heavy atom. The highest BCUT2D eigenvalue weighted by molar-refractivity contribution is 5.87. The molecule has 1 saturated heterocycles. The molecule has 0 amide bonds. The van der Waals surface area contributed by atoms with Gasteiger partial charge in [0.2, 0.25) is 0 Å². The van der Waals surface area contributed by atoms with E-state index in [4.69, 9.17) is 4.74 Å². The average Bonchev–Trinajstić information content (AvgIpc) is 3.32. The summed E-state index contributed by atoms with van der Waals surface area (Å²) in [5.41, 5.74) is 5.76. The van der Waals surface area contributed by atoms with Crippen LogP contribution in [0.15, 0.2) is 66.7 Å². The second-order valence-corrected chi connectivity index (χ2v) is 10.0. The molecule has 0 radical (unpaired) electrons. The molecule has 3 N–H and O–H groups in total. The van der Waals surface area contributed by atoms with Crippen molar-refractivity contribution >= 4 is 22.6 Å². The van der Waals surface area contributed by atoms with Gasteiger partial charge in [0.1, 0.15) is 17.6 Å². The van der Waals surface area contributed by atoms with Crippen LogP contribution in [0.4, 0.5) is 10.1 Å². The first kappa shape index (κ1) is 24.5. The highest BCUT2D eigenvalue weighted by Gasteiger charge is 2.34. The fourth-order valence-corrected chi connectivity index (χ4v) is 5.85. The molecule has 196 valence electrons. The number of para-hydroxylation sites is 2. The van der Waals surface area contributed by atoms with Crippen molar-refractivity contribution in [1.82, 2.24) is 15.2 Å². The van der Waals surface area contributed by atoms with Crippen molar-refractivity contribution < 1.29 is 19.0 Å².